The van der Waals surface area contributed by atoms with E-state index in [-0.39, 0.29) is 5.69 Å². The predicted octanol–water partition coefficient (Wildman–Crippen LogP) is 2.84. The number of nitrogens with zero attached hydrogens (tertiary/aromatic N) is 4. The summed E-state index contributed by atoms with van der Waals surface area (Å²) in [5, 5.41) is 4.62. The van der Waals surface area contributed by atoms with Crippen LogP contribution in [0.25, 0.3) is 16.7 Å². The number of nitrogens with one attached hydrogen (secondary N) is 1. The lowest BCUT2D eigenvalue weighted by molar-refractivity contribution is 0.628. The zero-order chi connectivity index (χ0) is 16.8. The Morgan fingerprint density at radius 1 is 1.04 bits per heavy atom. The quantitative estimate of drug-likeness (QED) is 0.625. The van der Waals surface area contributed by atoms with Crippen LogP contribution in [0.4, 0.5) is 0 Å². The number of imidazole rings is 1. The minimum atomic E-state index is -0.117. The highest BCUT2D eigenvalue weighted by Crippen LogP contribution is 2.39. The van der Waals surface area contributed by atoms with Gasteiger partial charge in [-0.25, -0.2) is 19.0 Å². The maximum absolute atomic E-state index is 13.0. The molecule has 0 saturated heterocycles. The smallest absolute Gasteiger partial charge is 0.340 e. The van der Waals surface area contributed by atoms with Crippen LogP contribution in [-0.4, -0.2) is 24.3 Å². The number of aromatic nitrogens is 5. The number of H-pyrrole nitrogens is 1. The number of fused-ring (bicyclic) bond motifs is 1. The molecule has 2 aromatic carbocycles. The van der Waals surface area contributed by atoms with Gasteiger partial charge in [0.25, 0.3) is 0 Å². The van der Waals surface area contributed by atoms with Crippen LogP contribution in [-0.2, 0) is 6.54 Å². The number of para-hydroxylation sites is 3. The van der Waals surface area contributed by atoms with Crippen LogP contribution in [0.5, 0.6) is 0 Å². The zero-order valence-electron chi connectivity index (χ0n) is 13.6. The lowest BCUT2D eigenvalue weighted by atomic mass is 10.3. The van der Waals surface area contributed by atoms with Crippen LogP contribution in [0.2, 0.25) is 0 Å². The van der Waals surface area contributed by atoms with E-state index >= 15 is 0 Å². The van der Waals surface area contributed by atoms with Gasteiger partial charge in [0.05, 0.1) is 16.7 Å². The molecule has 25 heavy (non-hydrogen) atoms. The number of hydrogen-bond acceptors (Lipinski definition) is 3. The van der Waals surface area contributed by atoms with Gasteiger partial charge in [0.15, 0.2) is 0 Å². The summed E-state index contributed by atoms with van der Waals surface area (Å²) in [6.07, 6.45) is 2.18. The van der Waals surface area contributed by atoms with Gasteiger partial charge in [-0.05, 0) is 37.1 Å². The molecule has 2 heterocycles. The minimum Gasteiger partial charge on any atom is -0.340 e. The van der Waals surface area contributed by atoms with Crippen molar-refractivity contribution >= 4 is 11.0 Å². The van der Waals surface area contributed by atoms with E-state index in [0.717, 1.165) is 41.2 Å². The van der Waals surface area contributed by atoms with Crippen molar-refractivity contribution in [2.45, 2.75) is 25.3 Å². The van der Waals surface area contributed by atoms with E-state index in [4.69, 9.17) is 0 Å². The molecular formula is C19H17N5O. The summed E-state index contributed by atoms with van der Waals surface area (Å²) in [4.78, 5) is 20.8. The number of aromatic amines is 1. The van der Waals surface area contributed by atoms with Gasteiger partial charge in [-0.15, -0.1) is 0 Å². The maximum atomic E-state index is 13.0. The normalized spacial score (nSPS) is 14.2. The van der Waals surface area contributed by atoms with Gasteiger partial charge in [0, 0.05) is 5.92 Å². The Bertz CT molecular complexity index is 1070. The molecule has 0 atom stereocenters. The van der Waals surface area contributed by atoms with Crippen LogP contribution in [0.15, 0.2) is 59.4 Å². The monoisotopic (exact) mass is 331 g/mol. The molecule has 0 spiro atoms. The average molecular weight is 331 g/mol. The van der Waals surface area contributed by atoms with Gasteiger partial charge in [-0.2, -0.15) is 5.10 Å². The highest BCUT2D eigenvalue weighted by molar-refractivity contribution is 5.74. The lowest BCUT2D eigenvalue weighted by Gasteiger charge is -2.03. The maximum Gasteiger partial charge on any atom is 0.351 e. The second-order valence-electron chi connectivity index (χ2n) is 6.44. The Morgan fingerprint density at radius 3 is 2.56 bits per heavy atom. The molecule has 6 heteroatoms. The van der Waals surface area contributed by atoms with Gasteiger partial charge in [0.2, 0.25) is 0 Å². The van der Waals surface area contributed by atoms with E-state index in [1.165, 1.54) is 4.68 Å². The third-order valence-electron chi connectivity index (χ3n) is 4.56. The summed E-state index contributed by atoms with van der Waals surface area (Å²) in [6.45, 7) is 0.340. The van der Waals surface area contributed by atoms with Crippen LogP contribution in [0.1, 0.15) is 30.4 Å². The van der Waals surface area contributed by atoms with Crippen molar-refractivity contribution in [2.75, 3.05) is 0 Å². The molecule has 5 rings (SSSR count). The van der Waals surface area contributed by atoms with Crippen LogP contribution in [0, 0.1) is 0 Å². The summed E-state index contributed by atoms with van der Waals surface area (Å²) in [6, 6.07) is 17.6. The molecule has 1 N–H and O–H groups in total. The molecule has 0 bridgehead atoms. The first-order valence-corrected chi connectivity index (χ1v) is 8.48. The van der Waals surface area contributed by atoms with Gasteiger partial charge in [-0.1, -0.05) is 30.3 Å². The Hall–Kier alpha value is -3.15. The SMILES string of the molecule is O=c1n(Cc2nc3ccccc3[nH]2)nc(C2CC2)n1-c1ccccc1. The molecule has 6 nitrogen and oxygen atoms in total. The standard InChI is InChI=1S/C19H17N5O/c25-19-23(12-17-20-15-8-4-5-9-16(15)21-17)22-18(13-10-11-13)24(19)14-6-2-1-3-7-14/h1-9,13H,10-12H2,(H,20,21). The highest BCUT2D eigenvalue weighted by atomic mass is 16.2. The third kappa shape index (κ3) is 2.46. The van der Waals surface area contributed by atoms with E-state index < -0.39 is 0 Å². The Balaban J connectivity index is 1.59. The van der Waals surface area contributed by atoms with E-state index in [1.54, 1.807) is 4.57 Å². The molecule has 4 aromatic rings. The van der Waals surface area contributed by atoms with Crippen LogP contribution < -0.4 is 5.69 Å². The van der Waals surface area contributed by atoms with Crippen LogP contribution in [0.3, 0.4) is 0 Å². The van der Waals surface area contributed by atoms with Crippen molar-refractivity contribution in [2.24, 2.45) is 0 Å². The molecule has 1 fully saturated rings. The molecule has 2 aromatic heterocycles. The Labute approximate surface area is 143 Å². The average Bonchev–Trinajstić information content (AvgIpc) is 3.32. The summed E-state index contributed by atoms with van der Waals surface area (Å²) in [5.41, 5.74) is 2.62. The van der Waals surface area contributed by atoms with Crippen molar-refractivity contribution in [3.63, 3.8) is 0 Å². The largest absolute Gasteiger partial charge is 0.351 e. The molecule has 0 radical (unpaired) electrons. The van der Waals surface area contributed by atoms with Crippen molar-refractivity contribution in [1.82, 2.24) is 24.3 Å². The fourth-order valence-electron chi connectivity index (χ4n) is 3.18. The number of benzene rings is 2. The topological polar surface area (TPSA) is 68.5 Å². The zero-order valence-corrected chi connectivity index (χ0v) is 13.6. The number of hydrogen-bond donors (Lipinski definition) is 1. The van der Waals surface area contributed by atoms with Gasteiger partial charge in [-0.3, -0.25) is 0 Å². The van der Waals surface area contributed by atoms with Crippen molar-refractivity contribution in [3.05, 3.63) is 76.7 Å². The molecule has 1 aliphatic rings. The fraction of sp³-hybridized carbons (Fsp3) is 0.211. The van der Waals surface area contributed by atoms with Crippen molar-refractivity contribution in [1.29, 1.82) is 0 Å². The van der Waals surface area contributed by atoms with Gasteiger partial charge >= 0.3 is 5.69 Å². The van der Waals surface area contributed by atoms with Crippen LogP contribution >= 0.6 is 0 Å². The van der Waals surface area contributed by atoms with E-state index in [0.29, 0.717) is 12.5 Å². The number of rotatable bonds is 4. The molecule has 124 valence electrons. The summed E-state index contributed by atoms with van der Waals surface area (Å²) in [7, 11) is 0. The molecule has 0 aliphatic heterocycles. The lowest BCUT2D eigenvalue weighted by Crippen LogP contribution is -2.25. The van der Waals surface area contributed by atoms with E-state index in [1.807, 2.05) is 54.6 Å². The second kappa shape index (κ2) is 5.44. The van der Waals surface area contributed by atoms with Gasteiger partial charge in [0.1, 0.15) is 18.2 Å². The third-order valence-corrected chi connectivity index (χ3v) is 4.56. The molecule has 1 aliphatic carbocycles. The van der Waals surface area contributed by atoms with Gasteiger partial charge < -0.3 is 4.98 Å². The molecule has 0 amide bonds. The van der Waals surface area contributed by atoms with Crippen molar-refractivity contribution in [3.8, 4) is 5.69 Å². The summed E-state index contributed by atoms with van der Waals surface area (Å²) >= 11 is 0. The Morgan fingerprint density at radius 2 is 1.80 bits per heavy atom. The molecule has 1 saturated carbocycles. The summed E-state index contributed by atoms with van der Waals surface area (Å²) in [5.74, 6) is 1.97. The highest BCUT2D eigenvalue weighted by Gasteiger charge is 2.31. The summed E-state index contributed by atoms with van der Waals surface area (Å²) < 4.78 is 3.25. The van der Waals surface area contributed by atoms with E-state index in [2.05, 4.69) is 15.1 Å². The van der Waals surface area contributed by atoms with Crippen molar-refractivity contribution < 1.29 is 0 Å². The van der Waals surface area contributed by atoms with E-state index in [9.17, 15) is 4.79 Å². The first-order valence-electron chi connectivity index (χ1n) is 8.48. The second-order valence-corrected chi connectivity index (χ2v) is 6.44. The fourth-order valence-corrected chi connectivity index (χ4v) is 3.18. The predicted molar refractivity (Wildman–Crippen MR) is 95.0 cm³/mol. The minimum absolute atomic E-state index is 0.117. The molecular weight excluding hydrogens is 314 g/mol. The first-order chi connectivity index (χ1) is 12.3. The Kier molecular flexibility index (Phi) is 3.09. The molecule has 0 unspecified atom stereocenters. The first kappa shape index (κ1) is 14.2.